The van der Waals surface area contributed by atoms with Crippen molar-refractivity contribution in [3.8, 4) is 5.75 Å². The molecule has 1 amide bonds. The van der Waals surface area contributed by atoms with Crippen molar-refractivity contribution < 1.29 is 18.7 Å². The van der Waals surface area contributed by atoms with E-state index in [0.29, 0.717) is 22.6 Å². The average molecular weight is 460 g/mol. The van der Waals surface area contributed by atoms with Gasteiger partial charge in [0.1, 0.15) is 5.01 Å². The smallest absolute Gasteiger partial charge is 0.259 e. The first-order valence-corrected chi connectivity index (χ1v) is 10.8. The summed E-state index contributed by atoms with van der Waals surface area (Å²) >= 11 is 1.32. The lowest BCUT2D eigenvalue weighted by molar-refractivity contribution is -0.126. The largest absolute Gasteiger partial charge is 0.494 e. The van der Waals surface area contributed by atoms with E-state index in [1.165, 1.54) is 43.8 Å². The fourth-order valence-corrected chi connectivity index (χ4v) is 4.46. The number of hydrogen-bond donors (Lipinski definition) is 1. The Morgan fingerprint density at radius 3 is 2.94 bits per heavy atom. The fourth-order valence-electron chi connectivity index (χ4n) is 3.60. The number of amides is 1. The molecule has 168 valence electrons. The molecule has 0 bridgehead atoms. The zero-order valence-electron chi connectivity index (χ0n) is 17.6. The second-order valence-corrected chi connectivity index (χ2v) is 8.31. The van der Waals surface area contributed by atoms with E-state index in [9.17, 15) is 9.18 Å². The molecule has 32 heavy (non-hydrogen) atoms. The van der Waals surface area contributed by atoms with Gasteiger partial charge in [0.25, 0.3) is 5.91 Å². The van der Waals surface area contributed by atoms with E-state index in [1.54, 1.807) is 12.4 Å². The Balaban J connectivity index is 1.36. The van der Waals surface area contributed by atoms with E-state index in [-0.39, 0.29) is 5.75 Å². The van der Waals surface area contributed by atoms with Crippen molar-refractivity contribution in [3.05, 3.63) is 47.0 Å². The molecule has 1 saturated heterocycles. The molecule has 0 saturated carbocycles. The molecule has 0 radical (unpaired) electrons. The van der Waals surface area contributed by atoms with Crippen LogP contribution in [0.2, 0.25) is 0 Å². The van der Waals surface area contributed by atoms with Crippen LogP contribution in [0.3, 0.4) is 0 Å². The van der Waals surface area contributed by atoms with Gasteiger partial charge in [0.2, 0.25) is 11.1 Å². The average Bonchev–Trinajstić information content (AvgIpc) is 3.46. The van der Waals surface area contributed by atoms with Gasteiger partial charge in [-0.3, -0.25) is 10.1 Å². The van der Waals surface area contributed by atoms with Crippen LogP contribution in [0.25, 0.3) is 0 Å². The molecule has 1 aliphatic heterocycles. The molecule has 12 heteroatoms. The number of methoxy groups -OCH3 is 2. The van der Waals surface area contributed by atoms with Crippen LogP contribution >= 0.6 is 11.3 Å². The van der Waals surface area contributed by atoms with E-state index < -0.39 is 17.8 Å². The molecule has 10 nitrogen and oxygen atoms in total. The highest BCUT2D eigenvalue weighted by Crippen LogP contribution is 2.28. The van der Waals surface area contributed by atoms with Crippen LogP contribution in [0.4, 0.5) is 15.5 Å². The first-order chi connectivity index (χ1) is 15.6. The van der Waals surface area contributed by atoms with Gasteiger partial charge in [0.05, 0.1) is 19.5 Å². The zero-order valence-corrected chi connectivity index (χ0v) is 18.4. The second kappa shape index (κ2) is 9.92. The van der Waals surface area contributed by atoms with Crippen molar-refractivity contribution in [1.82, 2.24) is 25.4 Å². The molecular formula is C20H22FN7O3S. The van der Waals surface area contributed by atoms with E-state index in [4.69, 9.17) is 9.47 Å². The Hall–Kier alpha value is -3.25. The predicted molar refractivity (Wildman–Crippen MR) is 115 cm³/mol. The van der Waals surface area contributed by atoms with Crippen molar-refractivity contribution in [2.45, 2.75) is 18.9 Å². The highest BCUT2D eigenvalue weighted by Gasteiger charge is 2.27. The second-order valence-electron chi connectivity index (χ2n) is 7.25. The standard InChI is InChI=1S/C20H22FN7O3S/c1-30-15-10-13(3-4-14(15)21)17(31-2)18(29)24-20-27-25-16(32-20)9-12-5-8-28(11-12)19-22-6-7-23-26-19/h3-4,6-7,10,12,17H,5,8-9,11H2,1-2H3,(H,24,27,29)/t12-,17-/m0/s1. The highest BCUT2D eigenvalue weighted by molar-refractivity contribution is 7.15. The lowest BCUT2D eigenvalue weighted by Gasteiger charge is -2.15. The summed E-state index contributed by atoms with van der Waals surface area (Å²) in [6.07, 6.45) is 3.96. The third kappa shape index (κ3) is 4.97. The first kappa shape index (κ1) is 22.0. The number of anilines is 2. The first-order valence-electron chi connectivity index (χ1n) is 9.95. The normalized spacial score (nSPS) is 16.7. The van der Waals surface area contributed by atoms with Gasteiger partial charge in [-0.1, -0.05) is 17.4 Å². The van der Waals surface area contributed by atoms with Crippen LogP contribution < -0.4 is 15.0 Å². The van der Waals surface area contributed by atoms with Gasteiger partial charge in [-0.25, -0.2) is 9.37 Å². The molecule has 3 heterocycles. The van der Waals surface area contributed by atoms with Crippen LogP contribution in [-0.2, 0) is 16.0 Å². The molecular weight excluding hydrogens is 437 g/mol. The van der Waals surface area contributed by atoms with E-state index in [1.807, 2.05) is 0 Å². The number of rotatable bonds is 8. The van der Waals surface area contributed by atoms with E-state index in [0.717, 1.165) is 30.9 Å². The number of halogens is 1. The monoisotopic (exact) mass is 459 g/mol. The zero-order chi connectivity index (χ0) is 22.5. The number of carbonyl (C=O) groups is 1. The third-order valence-corrected chi connectivity index (χ3v) is 6.01. The van der Waals surface area contributed by atoms with Crippen molar-refractivity contribution in [2.24, 2.45) is 5.92 Å². The van der Waals surface area contributed by atoms with Crippen LogP contribution in [0.5, 0.6) is 5.75 Å². The molecule has 0 aliphatic carbocycles. The summed E-state index contributed by atoms with van der Waals surface area (Å²) < 4.78 is 24.0. The minimum absolute atomic E-state index is 0.0397. The number of carbonyl (C=O) groups excluding carboxylic acids is 1. The van der Waals surface area contributed by atoms with Gasteiger partial charge < -0.3 is 14.4 Å². The molecule has 3 aromatic rings. The van der Waals surface area contributed by atoms with E-state index in [2.05, 4.69) is 35.6 Å². The number of nitrogens with zero attached hydrogens (tertiary/aromatic N) is 6. The third-order valence-electron chi connectivity index (χ3n) is 5.15. The Morgan fingerprint density at radius 1 is 1.31 bits per heavy atom. The minimum atomic E-state index is -0.945. The molecule has 2 atom stereocenters. The number of nitrogens with one attached hydrogen (secondary N) is 1. The van der Waals surface area contributed by atoms with Gasteiger partial charge >= 0.3 is 0 Å². The Morgan fingerprint density at radius 2 is 2.19 bits per heavy atom. The van der Waals surface area contributed by atoms with Gasteiger partial charge in [-0.05, 0) is 30.0 Å². The molecule has 1 aliphatic rings. The van der Waals surface area contributed by atoms with Gasteiger partial charge in [-0.15, -0.1) is 15.3 Å². The maximum absolute atomic E-state index is 13.7. The maximum Gasteiger partial charge on any atom is 0.259 e. The number of benzene rings is 1. The molecule has 4 rings (SSSR count). The van der Waals surface area contributed by atoms with Crippen molar-refractivity contribution >= 4 is 28.3 Å². The van der Waals surface area contributed by atoms with Crippen LogP contribution in [0, 0.1) is 11.7 Å². The van der Waals surface area contributed by atoms with Crippen LogP contribution in [-0.4, -0.2) is 58.6 Å². The van der Waals surface area contributed by atoms with Crippen molar-refractivity contribution in [3.63, 3.8) is 0 Å². The maximum atomic E-state index is 13.7. The predicted octanol–water partition coefficient (Wildman–Crippen LogP) is 2.27. The number of aromatic nitrogens is 5. The summed E-state index contributed by atoms with van der Waals surface area (Å²) in [5.41, 5.74) is 0.469. The summed E-state index contributed by atoms with van der Waals surface area (Å²) in [6.45, 7) is 1.67. The highest BCUT2D eigenvalue weighted by atomic mass is 32.1. The molecule has 0 spiro atoms. The lowest BCUT2D eigenvalue weighted by Crippen LogP contribution is -2.22. The van der Waals surface area contributed by atoms with Gasteiger partial charge in [0, 0.05) is 26.6 Å². The minimum Gasteiger partial charge on any atom is -0.494 e. The molecule has 0 unspecified atom stereocenters. The van der Waals surface area contributed by atoms with Crippen LogP contribution in [0.1, 0.15) is 23.1 Å². The molecule has 2 aromatic heterocycles. The topological polar surface area (TPSA) is 115 Å². The Labute approximate surface area is 187 Å². The summed E-state index contributed by atoms with van der Waals surface area (Å²) in [4.78, 5) is 19.1. The molecule has 1 fully saturated rings. The quantitative estimate of drug-likeness (QED) is 0.541. The Bertz CT molecular complexity index is 1070. The summed E-state index contributed by atoms with van der Waals surface area (Å²) in [6, 6.07) is 4.15. The van der Waals surface area contributed by atoms with Gasteiger partial charge in [-0.2, -0.15) is 5.10 Å². The lowest BCUT2D eigenvalue weighted by atomic mass is 10.1. The Kier molecular flexibility index (Phi) is 6.81. The summed E-state index contributed by atoms with van der Waals surface area (Å²) in [5.74, 6) is 0.111. The summed E-state index contributed by atoms with van der Waals surface area (Å²) in [7, 11) is 2.77. The SMILES string of the molecule is COc1cc([C@H](OC)C(=O)Nc2nnc(C[C@@H]3CCN(c4nccnn4)C3)s2)ccc1F. The van der Waals surface area contributed by atoms with Crippen LogP contribution in [0.15, 0.2) is 30.6 Å². The number of ether oxygens (including phenoxy) is 2. The van der Waals surface area contributed by atoms with E-state index >= 15 is 0 Å². The molecule has 1 aromatic carbocycles. The van der Waals surface area contributed by atoms with Gasteiger partial charge in [0.15, 0.2) is 17.7 Å². The fraction of sp³-hybridized carbons (Fsp3) is 0.400. The molecule has 1 N–H and O–H groups in total. The van der Waals surface area contributed by atoms with Crippen molar-refractivity contribution in [1.29, 1.82) is 0 Å². The summed E-state index contributed by atoms with van der Waals surface area (Å²) in [5, 5.41) is 20.2. The number of hydrogen-bond acceptors (Lipinski definition) is 10. The van der Waals surface area contributed by atoms with Crippen molar-refractivity contribution in [2.75, 3.05) is 37.5 Å².